The molecule has 29 nitrogen and oxygen atoms in total. The van der Waals surface area contributed by atoms with Crippen molar-refractivity contribution in [1.29, 1.82) is 5.26 Å². The predicted molar refractivity (Wildman–Crippen MR) is 341 cm³/mol. The van der Waals surface area contributed by atoms with E-state index in [4.69, 9.17) is 97.2 Å². The van der Waals surface area contributed by atoms with Crippen molar-refractivity contribution in [1.82, 2.24) is 0 Å². The topological polar surface area (TPSA) is 489 Å². The molecule has 0 unspecified atom stereocenters. The van der Waals surface area contributed by atoms with E-state index in [0.717, 1.165) is 0 Å². The van der Waals surface area contributed by atoms with Crippen molar-refractivity contribution in [2.45, 2.75) is 318 Å². The van der Waals surface area contributed by atoms with E-state index in [0.29, 0.717) is 0 Å². The molecule has 0 rings (SSSR count). The summed E-state index contributed by atoms with van der Waals surface area (Å²) in [7, 11) is -9.08. The maximum atomic E-state index is 13.3. The van der Waals surface area contributed by atoms with Gasteiger partial charge in [-0.05, 0) is 0 Å². The molecule has 0 N–H and O–H groups in total. The van der Waals surface area contributed by atoms with Gasteiger partial charge in [-0.25, -0.2) is 0 Å². The molecule has 0 heterocycles. The number of nitriles is 1. The van der Waals surface area contributed by atoms with E-state index in [-0.39, 0.29) is 139 Å². The van der Waals surface area contributed by atoms with Crippen LogP contribution in [0.3, 0.4) is 0 Å². The maximum absolute atomic E-state index is 13.3. The van der Waals surface area contributed by atoms with Crippen molar-refractivity contribution in [3.8, 4) is 6.07 Å². The van der Waals surface area contributed by atoms with Crippen LogP contribution in [0.25, 0.3) is 0 Å². The van der Waals surface area contributed by atoms with Gasteiger partial charge < -0.3 is 110 Å². The summed E-state index contributed by atoms with van der Waals surface area (Å²) < 4.78 is 53.1. The molecule has 0 radical (unpaired) electrons. The van der Waals surface area contributed by atoms with Gasteiger partial charge in [0.1, 0.15) is 28.6 Å². The standard InChI is InChI=1S/4C12H27OP.C2H3N.6NO3.2Tb/c4*1-10(2,3)14(13,11(4,5)6)12(7,8)9;1-2-3;6*2-1(3)4;;/h4*1-9H3;1H3;;;;;;;;/q;;;;;6*-1;2*+3. The first-order valence-corrected chi connectivity index (χ1v) is 32.3. The third kappa shape index (κ3) is 46.9. The third-order valence-corrected chi connectivity index (χ3v) is 34.0. The molecular weight excluding hydrogens is 1490 g/mol. The molecular formula is C50H111N7O22P4Tb2. The van der Waals surface area contributed by atoms with Crippen LogP contribution in [-0.2, 0) is 18.3 Å². The predicted octanol–water partition coefficient (Wildman–Crippen LogP) is 18.1. The van der Waals surface area contributed by atoms with Gasteiger partial charge in [-0.2, -0.15) is 5.26 Å². The molecule has 35 heteroatoms. The molecule has 0 aliphatic carbocycles. The summed E-state index contributed by atoms with van der Waals surface area (Å²) in [6, 6.07) is 1.75. The fourth-order valence-electron chi connectivity index (χ4n) is 12.1. The average molecular weight is 1600 g/mol. The second kappa shape index (κ2) is 42.3. The fourth-order valence-corrected chi connectivity index (χ4v) is 36.2. The van der Waals surface area contributed by atoms with Crippen molar-refractivity contribution in [3.05, 3.63) is 91.9 Å². The number of hydrogen-bond acceptors (Lipinski definition) is 23. The summed E-state index contributed by atoms with van der Waals surface area (Å²) in [4.78, 5) is 49.5. The molecule has 0 aliphatic heterocycles. The molecule has 516 valence electrons. The van der Waals surface area contributed by atoms with Crippen LogP contribution >= 0.6 is 28.6 Å². The van der Waals surface area contributed by atoms with Crippen LogP contribution in [0.5, 0.6) is 0 Å². The van der Waals surface area contributed by atoms with E-state index in [1.807, 2.05) is 0 Å². The van der Waals surface area contributed by atoms with Gasteiger partial charge in [0.2, 0.25) is 0 Å². The smallest absolute Gasteiger partial charge is 0.356 e. The molecule has 0 bridgehead atoms. The van der Waals surface area contributed by atoms with E-state index in [9.17, 15) is 18.3 Å². The third-order valence-electron chi connectivity index (χ3n) is 11.3. The molecule has 0 amide bonds. The van der Waals surface area contributed by atoms with E-state index in [1.54, 1.807) is 6.07 Å². The molecule has 0 aromatic rings. The average Bonchev–Trinajstić information content (AvgIpc) is 3.07. The zero-order valence-electron chi connectivity index (χ0n) is 58.1. The Morgan fingerprint density at radius 2 is 0.247 bits per heavy atom. The Kier molecular flexibility index (Phi) is 56.7. The second-order valence-electron chi connectivity index (χ2n) is 30.1. The summed E-state index contributed by atoms with van der Waals surface area (Å²) in [5, 5.41) is 94.4. The van der Waals surface area contributed by atoms with Gasteiger partial charge in [0.05, 0.1) is 36.6 Å². The normalized spacial score (nSPS) is 12.2. The Bertz CT molecular complexity index is 1690. The van der Waals surface area contributed by atoms with E-state index < -0.39 is 59.1 Å². The first-order chi connectivity index (χ1) is 34.8. The Hall–Kier alpha value is -1.82. The van der Waals surface area contributed by atoms with E-state index in [2.05, 4.69) is 249 Å². The van der Waals surface area contributed by atoms with Gasteiger partial charge in [0.15, 0.2) is 0 Å². The molecule has 0 saturated heterocycles. The van der Waals surface area contributed by atoms with Crippen molar-refractivity contribution in [2.75, 3.05) is 0 Å². The van der Waals surface area contributed by atoms with Crippen molar-refractivity contribution < 1.29 is 126 Å². The van der Waals surface area contributed by atoms with Crippen LogP contribution in [0.15, 0.2) is 0 Å². The Labute approximate surface area is 571 Å². The van der Waals surface area contributed by atoms with Crippen molar-refractivity contribution in [3.63, 3.8) is 0 Å². The largest absolute Gasteiger partial charge is 3.00 e. The molecule has 0 atom stereocenters. The quantitative estimate of drug-likeness (QED) is 0.123. The first kappa shape index (κ1) is 114. The Morgan fingerprint density at radius 3 is 0.247 bits per heavy atom. The molecule has 0 saturated carbocycles. The first-order valence-electron chi connectivity index (χ1n) is 25.4. The van der Waals surface area contributed by atoms with Gasteiger partial charge in [0.25, 0.3) is 0 Å². The minimum Gasteiger partial charge on any atom is -0.356 e. The summed E-state index contributed by atoms with van der Waals surface area (Å²) in [5.74, 6) is 0. The molecule has 85 heavy (non-hydrogen) atoms. The summed E-state index contributed by atoms with van der Waals surface area (Å²) in [6.45, 7) is 77.1. The molecule has 0 spiro atoms. The van der Waals surface area contributed by atoms with Gasteiger partial charge in [-0.3, -0.25) is 0 Å². The van der Waals surface area contributed by atoms with E-state index >= 15 is 0 Å². The maximum Gasteiger partial charge on any atom is 3.00 e. The van der Waals surface area contributed by atoms with E-state index in [1.165, 1.54) is 6.92 Å². The van der Waals surface area contributed by atoms with Crippen molar-refractivity contribution >= 4 is 28.6 Å². The van der Waals surface area contributed by atoms with Gasteiger partial charge in [-0.15, -0.1) is 0 Å². The fraction of sp³-hybridized carbons (Fsp3) is 0.980. The Morgan fingerprint density at radius 1 is 0.224 bits per heavy atom. The summed E-state index contributed by atoms with van der Waals surface area (Å²) in [6.07, 6.45) is 0. The van der Waals surface area contributed by atoms with Crippen LogP contribution < -0.4 is 0 Å². The number of hydrogen-bond donors (Lipinski definition) is 0. The number of rotatable bonds is 0. The zero-order valence-corrected chi connectivity index (χ0v) is 65.9. The van der Waals surface area contributed by atoms with Crippen LogP contribution in [-0.4, -0.2) is 92.4 Å². The number of nitrogens with zero attached hydrogens (tertiary/aromatic N) is 7. The van der Waals surface area contributed by atoms with Crippen molar-refractivity contribution in [2.24, 2.45) is 0 Å². The molecule has 0 fully saturated rings. The van der Waals surface area contributed by atoms with Gasteiger partial charge >= 0.3 is 77.2 Å². The summed E-state index contributed by atoms with van der Waals surface area (Å²) >= 11 is 0. The van der Waals surface area contributed by atoms with Crippen LogP contribution in [0, 0.1) is 180 Å². The molecule has 0 aromatic heterocycles. The molecule has 0 aromatic carbocycles. The van der Waals surface area contributed by atoms with Crippen LogP contribution in [0.4, 0.5) is 0 Å². The minimum atomic E-state index is -2.27. The second-order valence-corrected chi connectivity index (χ2v) is 51.0. The van der Waals surface area contributed by atoms with Crippen LogP contribution in [0.2, 0.25) is 0 Å². The van der Waals surface area contributed by atoms with Gasteiger partial charge in [-0.1, -0.05) is 249 Å². The monoisotopic (exact) mass is 1600 g/mol. The Balaban J connectivity index is -0.0000000641. The molecule has 0 aliphatic rings. The SMILES string of the molecule is CC#N.CC(C)(C)P(=O)(C(C)(C)C)C(C)(C)C.CC(C)(C)P(=O)(C(C)(C)C)C(C)(C)C.CC(C)(C)P(=O)(C(C)(C)C)C(C)(C)C.CC(C)(C)P(=O)(C(C)(C)C)C(C)(C)C.O=[N+]([O-])[O-].O=[N+]([O-])[O-].O=[N+]([O-])[O-].O=[N+]([O-])[O-].O=[N+]([O-])[O-].O=[N+]([O-])[O-].[Tb+3].[Tb+3]. The minimum absolute atomic E-state index is 0. The van der Waals surface area contributed by atoms with Gasteiger partial charge in [0, 0.05) is 68.8 Å². The zero-order chi connectivity index (χ0) is 72.2. The summed E-state index contributed by atoms with van der Waals surface area (Å²) in [5.41, 5.74) is 0. The van der Waals surface area contributed by atoms with Crippen LogP contribution in [0.1, 0.15) is 256 Å².